The van der Waals surface area contributed by atoms with Crippen LogP contribution in [0, 0.1) is 0 Å². The quantitative estimate of drug-likeness (QED) is 0.738. The molecule has 0 heterocycles. The van der Waals surface area contributed by atoms with Crippen LogP contribution in [0.5, 0.6) is 5.75 Å². The smallest absolute Gasteiger partial charge is 0.122 e. The number of hydrogen-bond donors (Lipinski definition) is 0. The van der Waals surface area contributed by atoms with E-state index < -0.39 is 0 Å². The van der Waals surface area contributed by atoms with Gasteiger partial charge in [0, 0.05) is 0 Å². The third kappa shape index (κ3) is 3.02. The van der Waals surface area contributed by atoms with E-state index >= 15 is 0 Å². The van der Waals surface area contributed by atoms with Crippen LogP contribution in [0.2, 0.25) is 0 Å². The summed E-state index contributed by atoms with van der Waals surface area (Å²) >= 11 is 0. The number of hydrogen-bond acceptors (Lipinski definition) is 1. The summed E-state index contributed by atoms with van der Waals surface area (Å²) in [6, 6.07) is 6.66. The first-order chi connectivity index (χ1) is 7.72. The fourth-order valence-corrected chi connectivity index (χ4v) is 1.94. The van der Waals surface area contributed by atoms with Gasteiger partial charge in [0.15, 0.2) is 0 Å². The molecule has 0 aliphatic rings. The zero-order chi connectivity index (χ0) is 13.3. The van der Waals surface area contributed by atoms with Crippen molar-refractivity contribution in [1.82, 2.24) is 0 Å². The van der Waals surface area contributed by atoms with E-state index in [1.807, 2.05) is 0 Å². The van der Waals surface area contributed by atoms with Crippen molar-refractivity contribution >= 4 is 0 Å². The Labute approximate surface area is 106 Å². The Bertz CT molecular complexity index is 383. The number of ether oxygens (including phenoxy) is 1. The summed E-state index contributed by atoms with van der Waals surface area (Å²) < 4.78 is 5.55. The second-order valence-corrected chi connectivity index (χ2v) is 6.40. The molecule has 0 bridgehead atoms. The maximum atomic E-state index is 5.55. The monoisotopic (exact) mass is 234 g/mol. The Kier molecular flexibility index (Phi) is 3.91. The van der Waals surface area contributed by atoms with E-state index in [0.717, 1.165) is 12.2 Å². The van der Waals surface area contributed by atoms with Gasteiger partial charge in [-0.1, -0.05) is 53.7 Å². The lowest BCUT2D eigenvalue weighted by atomic mass is 9.79. The summed E-state index contributed by atoms with van der Waals surface area (Å²) in [4.78, 5) is 0. The number of benzene rings is 1. The van der Waals surface area contributed by atoms with Crippen LogP contribution in [0.3, 0.4) is 0 Å². The molecule has 1 aromatic carbocycles. The molecule has 0 radical (unpaired) electrons. The predicted octanol–water partition coefficient (Wildman–Crippen LogP) is 4.68. The summed E-state index contributed by atoms with van der Waals surface area (Å²) in [7, 11) is 1.76. The van der Waals surface area contributed by atoms with Gasteiger partial charge in [0.25, 0.3) is 0 Å². The van der Waals surface area contributed by atoms with E-state index in [4.69, 9.17) is 4.74 Å². The average molecular weight is 234 g/mol. The van der Waals surface area contributed by atoms with E-state index in [2.05, 4.69) is 59.7 Å². The molecular formula is C16H26O. The molecule has 1 rings (SSSR count). The van der Waals surface area contributed by atoms with Crippen LogP contribution in [0.4, 0.5) is 0 Å². The molecule has 0 spiro atoms. The van der Waals surface area contributed by atoms with Crippen molar-refractivity contribution in [3.63, 3.8) is 0 Å². The summed E-state index contributed by atoms with van der Waals surface area (Å²) in [5.74, 6) is 1.01. The van der Waals surface area contributed by atoms with Crippen LogP contribution in [0.25, 0.3) is 0 Å². The molecule has 0 N–H and O–H groups in total. The standard InChI is InChI=1S/C16H26O/c1-8-16(5,6)12-9-10-13(15(2,3)4)14(11-12)17-7/h9-11H,8H2,1-7H3. The first-order valence-corrected chi connectivity index (χ1v) is 6.41. The summed E-state index contributed by atoms with van der Waals surface area (Å²) in [5, 5.41) is 0. The van der Waals surface area contributed by atoms with E-state index in [0.29, 0.717) is 0 Å². The van der Waals surface area contributed by atoms with Crippen molar-refractivity contribution in [3.8, 4) is 5.75 Å². The van der Waals surface area contributed by atoms with Crippen LogP contribution >= 0.6 is 0 Å². The van der Waals surface area contributed by atoms with Crippen molar-refractivity contribution in [2.45, 2.75) is 58.8 Å². The van der Waals surface area contributed by atoms with Crippen molar-refractivity contribution in [1.29, 1.82) is 0 Å². The van der Waals surface area contributed by atoms with E-state index in [9.17, 15) is 0 Å². The SMILES string of the molecule is CCC(C)(C)c1ccc(C(C)(C)C)c(OC)c1. The predicted molar refractivity (Wildman–Crippen MR) is 75.0 cm³/mol. The third-order valence-corrected chi connectivity index (χ3v) is 3.67. The van der Waals surface area contributed by atoms with Crippen molar-refractivity contribution in [2.75, 3.05) is 7.11 Å². The Balaban J connectivity index is 3.27. The van der Waals surface area contributed by atoms with Gasteiger partial charge >= 0.3 is 0 Å². The Morgan fingerprint density at radius 1 is 1.06 bits per heavy atom. The van der Waals surface area contributed by atoms with Crippen molar-refractivity contribution < 1.29 is 4.74 Å². The first kappa shape index (κ1) is 14.1. The lowest BCUT2D eigenvalue weighted by molar-refractivity contribution is 0.394. The van der Waals surface area contributed by atoms with Crippen LogP contribution in [-0.4, -0.2) is 7.11 Å². The zero-order valence-electron chi connectivity index (χ0n) is 12.3. The zero-order valence-corrected chi connectivity index (χ0v) is 12.3. The normalized spacial score (nSPS) is 12.6. The minimum Gasteiger partial charge on any atom is -0.496 e. The van der Waals surface area contributed by atoms with Gasteiger partial charge in [-0.15, -0.1) is 0 Å². The van der Waals surface area contributed by atoms with E-state index in [1.165, 1.54) is 11.1 Å². The molecule has 0 saturated carbocycles. The van der Waals surface area contributed by atoms with Gasteiger partial charge in [-0.3, -0.25) is 0 Å². The molecule has 0 fully saturated rings. The molecule has 96 valence electrons. The molecule has 0 aliphatic heterocycles. The van der Waals surface area contributed by atoms with Crippen LogP contribution in [-0.2, 0) is 10.8 Å². The molecule has 0 atom stereocenters. The molecule has 1 heteroatoms. The molecular weight excluding hydrogens is 208 g/mol. The Hall–Kier alpha value is -0.980. The largest absolute Gasteiger partial charge is 0.496 e. The Morgan fingerprint density at radius 2 is 1.65 bits per heavy atom. The summed E-state index contributed by atoms with van der Waals surface area (Å²) in [6.07, 6.45) is 1.13. The fraction of sp³-hybridized carbons (Fsp3) is 0.625. The van der Waals surface area contributed by atoms with Gasteiger partial charge in [-0.25, -0.2) is 0 Å². The van der Waals surface area contributed by atoms with Gasteiger partial charge in [0.05, 0.1) is 7.11 Å². The summed E-state index contributed by atoms with van der Waals surface area (Å²) in [6.45, 7) is 13.4. The molecule has 0 saturated heterocycles. The number of rotatable bonds is 3. The number of methoxy groups -OCH3 is 1. The molecule has 17 heavy (non-hydrogen) atoms. The van der Waals surface area contributed by atoms with Crippen LogP contribution in [0.15, 0.2) is 18.2 Å². The van der Waals surface area contributed by atoms with Gasteiger partial charge in [0.1, 0.15) is 5.75 Å². The highest BCUT2D eigenvalue weighted by atomic mass is 16.5. The fourth-order valence-electron chi connectivity index (χ4n) is 1.94. The average Bonchev–Trinajstić information content (AvgIpc) is 2.27. The third-order valence-electron chi connectivity index (χ3n) is 3.67. The highest BCUT2D eigenvalue weighted by Crippen LogP contribution is 2.36. The van der Waals surface area contributed by atoms with Crippen molar-refractivity contribution in [3.05, 3.63) is 29.3 Å². The summed E-state index contributed by atoms with van der Waals surface area (Å²) in [5.41, 5.74) is 2.96. The maximum absolute atomic E-state index is 5.55. The van der Waals surface area contributed by atoms with Gasteiger partial charge in [-0.2, -0.15) is 0 Å². The maximum Gasteiger partial charge on any atom is 0.122 e. The van der Waals surface area contributed by atoms with Gasteiger partial charge in [0.2, 0.25) is 0 Å². The molecule has 0 amide bonds. The lowest BCUT2D eigenvalue weighted by Gasteiger charge is -2.27. The Morgan fingerprint density at radius 3 is 2.06 bits per heavy atom. The first-order valence-electron chi connectivity index (χ1n) is 6.41. The lowest BCUT2D eigenvalue weighted by Crippen LogP contribution is -2.18. The minimum absolute atomic E-state index is 0.125. The molecule has 0 unspecified atom stereocenters. The van der Waals surface area contributed by atoms with Gasteiger partial charge in [-0.05, 0) is 34.4 Å². The molecule has 1 nitrogen and oxygen atoms in total. The topological polar surface area (TPSA) is 9.23 Å². The van der Waals surface area contributed by atoms with Crippen LogP contribution < -0.4 is 4.74 Å². The second-order valence-electron chi connectivity index (χ2n) is 6.40. The highest BCUT2D eigenvalue weighted by molar-refractivity contribution is 5.43. The van der Waals surface area contributed by atoms with Gasteiger partial charge < -0.3 is 4.74 Å². The molecule has 0 aromatic heterocycles. The molecule has 0 aliphatic carbocycles. The second kappa shape index (κ2) is 4.72. The van der Waals surface area contributed by atoms with Crippen LogP contribution in [0.1, 0.15) is 59.1 Å². The minimum atomic E-state index is 0.125. The molecule has 1 aromatic rings. The van der Waals surface area contributed by atoms with E-state index in [1.54, 1.807) is 7.11 Å². The van der Waals surface area contributed by atoms with Crippen molar-refractivity contribution in [2.24, 2.45) is 0 Å². The van der Waals surface area contributed by atoms with E-state index in [-0.39, 0.29) is 10.8 Å². The highest BCUT2D eigenvalue weighted by Gasteiger charge is 2.23.